The Bertz CT molecular complexity index is 485. The Labute approximate surface area is 94.2 Å². The molecule has 2 nitrogen and oxygen atoms in total. The van der Waals surface area contributed by atoms with Crippen molar-refractivity contribution in [3.05, 3.63) is 34.3 Å². The fourth-order valence-electron chi connectivity index (χ4n) is 0.989. The lowest BCUT2D eigenvalue weighted by Crippen LogP contribution is -2.09. The van der Waals surface area contributed by atoms with Crippen LogP contribution in [-0.2, 0) is 11.0 Å². The lowest BCUT2D eigenvalue weighted by molar-refractivity contribution is -0.137. The van der Waals surface area contributed by atoms with Gasteiger partial charge in [-0.25, -0.2) is 0 Å². The van der Waals surface area contributed by atoms with Crippen molar-refractivity contribution in [3.8, 4) is 11.8 Å². The first-order valence-corrected chi connectivity index (χ1v) is 4.36. The molecule has 0 saturated heterocycles. The summed E-state index contributed by atoms with van der Waals surface area (Å²) in [6.07, 6.45) is -4.58. The summed E-state index contributed by atoms with van der Waals surface area (Å²) in [5, 5.41) is -0.0584. The van der Waals surface area contributed by atoms with Crippen molar-refractivity contribution in [2.75, 3.05) is 0 Å². The van der Waals surface area contributed by atoms with E-state index in [0.29, 0.717) is 0 Å². The Morgan fingerprint density at radius 1 is 1.38 bits per heavy atom. The predicted octanol–water partition coefficient (Wildman–Crippen LogP) is 2.20. The molecule has 0 radical (unpaired) electrons. The molecule has 1 aromatic rings. The summed E-state index contributed by atoms with van der Waals surface area (Å²) in [5.41, 5.74) is 3.38. The van der Waals surface area contributed by atoms with Gasteiger partial charge in [0, 0.05) is 10.6 Å². The topological polar surface area (TPSA) is 43.1 Å². The number of hydrogen-bond donors (Lipinski definition) is 1. The van der Waals surface area contributed by atoms with Gasteiger partial charge in [-0.15, -0.1) is 0 Å². The molecule has 0 fully saturated rings. The summed E-state index contributed by atoms with van der Waals surface area (Å²) in [4.78, 5) is 10.3. The molecule has 0 aliphatic carbocycles. The van der Waals surface area contributed by atoms with Crippen LogP contribution in [0.5, 0.6) is 0 Å². The van der Waals surface area contributed by atoms with Gasteiger partial charge in [0.25, 0.3) is 5.91 Å². The normalized spacial score (nSPS) is 10.5. The molecule has 0 aromatic heterocycles. The van der Waals surface area contributed by atoms with Gasteiger partial charge in [-0.05, 0) is 24.1 Å². The second-order valence-electron chi connectivity index (χ2n) is 2.80. The summed E-state index contributed by atoms with van der Waals surface area (Å²) < 4.78 is 37.5. The van der Waals surface area contributed by atoms with Gasteiger partial charge in [-0.2, -0.15) is 13.2 Å². The van der Waals surface area contributed by atoms with Crippen molar-refractivity contribution in [1.82, 2.24) is 0 Å². The molecule has 0 atom stereocenters. The minimum atomic E-state index is -4.58. The van der Waals surface area contributed by atoms with Crippen LogP contribution < -0.4 is 5.73 Å². The van der Waals surface area contributed by atoms with Crippen LogP contribution >= 0.6 is 11.6 Å². The van der Waals surface area contributed by atoms with Crippen molar-refractivity contribution < 1.29 is 18.0 Å². The lowest BCUT2D eigenvalue weighted by Gasteiger charge is -2.09. The second kappa shape index (κ2) is 4.45. The van der Waals surface area contributed by atoms with E-state index in [2.05, 4.69) is 0 Å². The number of rotatable bonds is 0. The fraction of sp³-hybridized carbons (Fsp3) is 0.100. The maximum Gasteiger partial charge on any atom is 0.417 e. The predicted molar refractivity (Wildman–Crippen MR) is 52.5 cm³/mol. The van der Waals surface area contributed by atoms with E-state index < -0.39 is 17.6 Å². The van der Waals surface area contributed by atoms with Gasteiger partial charge in [0.1, 0.15) is 0 Å². The number of amides is 1. The quantitative estimate of drug-likeness (QED) is 0.702. The van der Waals surface area contributed by atoms with Crippen molar-refractivity contribution in [2.24, 2.45) is 5.73 Å². The minimum absolute atomic E-state index is 0.0584. The molecule has 0 aliphatic heterocycles. The van der Waals surface area contributed by atoms with E-state index in [1.54, 1.807) is 0 Å². The van der Waals surface area contributed by atoms with E-state index in [1.165, 1.54) is 6.07 Å². The zero-order chi connectivity index (χ0) is 12.3. The number of hydrogen-bond acceptors (Lipinski definition) is 1. The number of carbonyl (C=O) groups excluding carboxylic acids is 1. The molecule has 1 rings (SSSR count). The zero-order valence-corrected chi connectivity index (χ0v) is 8.49. The third-order valence-corrected chi connectivity index (χ3v) is 1.84. The molecule has 1 amide bonds. The number of nitrogens with two attached hydrogens (primary N) is 1. The fourth-order valence-corrected chi connectivity index (χ4v) is 1.16. The molecule has 2 N–H and O–H groups in total. The number of halogens is 4. The van der Waals surface area contributed by atoms with Crippen molar-refractivity contribution in [1.29, 1.82) is 0 Å². The highest BCUT2D eigenvalue weighted by atomic mass is 35.5. The summed E-state index contributed by atoms with van der Waals surface area (Å²) in [5.74, 6) is 2.89. The standard InChI is InChI=1S/C10H5ClF3NO/c11-7-3-1-6(2-4-9(15)16)8(5-7)10(12,13)14/h1,3,5H,(H2,15,16). The largest absolute Gasteiger partial charge is 0.417 e. The van der Waals surface area contributed by atoms with Gasteiger partial charge in [-0.3, -0.25) is 4.79 Å². The van der Waals surface area contributed by atoms with Gasteiger partial charge in [0.05, 0.1) is 5.56 Å². The molecule has 1 aromatic carbocycles. The van der Waals surface area contributed by atoms with Crippen LogP contribution in [0.4, 0.5) is 13.2 Å². The second-order valence-corrected chi connectivity index (χ2v) is 3.24. The molecule has 0 aliphatic rings. The van der Waals surface area contributed by atoms with E-state index in [4.69, 9.17) is 17.3 Å². The maximum absolute atomic E-state index is 12.5. The Kier molecular flexibility index (Phi) is 3.45. The summed E-state index contributed by atoms with van der Waals surface area (Å²) in [7, 11) is 0. The van der Waals surface area contributed by atoms with E-state index >= 15 is 0 Å². The third-order valence-electron chi connectivity index (χ3n) is 1.61. The van der Waals surface area contributed by atoms with Crippen molar-refractivity contribution in [2.45, 2.75) is 6.18 Å². The Morgan fingerprint density at radius 2 is 2.00 bits per heavy atom. The molecule has 0 saturated carbocycles. The minimum Gasteiger partial charge on any atom is -0.359 e. The van der Waals surface area contributed by atoms with Crippen molar-refractivity contribution >= 4 is 17.5 Å². The number of primary amides is 1. The van der Waals surface area contributed by atoms with Crippen LogP contribution in [0.25, 0.3) is 0 Å². The van der Waals surface area contributed by atoms with E-state index in [-0.39, 0.29) is 10.6 Å². The van der Waals surface area contributed by atoms with Gasteiger partial charge in [-0.1, -0.05) is 17.5 Å². The Hall–Kier alpha value is -1.67. The van der Waals surface area contributed by atoms with E-state index in [1.807, 2.05) is 11.8 Å². The van der Waals surface area contributed by atoms with Crippen LogP contribution in [0, 0.1) is 11.8 Å². The van der Waals surface area contributed by atoms with Crippen LogP contribution in [0.3, 0.4) is 0 Å². The Balaban J connectivity index is 3.31. The van der Waals surface area contributed by atoms with Gasteiger partial charge in [0.2, 0.25) is 0 Å². The van der Waals surface area contributed by atoms with Crippen LogP contribution in [-0.4, -0.2) is 5.91 Å². The average Bonchev–Trinajstić information content (AvgIpc) is 2.14. The number of carbonyl (C=O) groups is 1. The number of benzene rings is 1. The lowest BCUT2D eigenvalue weighted by atomic mass is 10.1. The molecule has 16 heavy (non-hydrogen) atoms. The maximum atomic E-state index is 12.5. The molecular formula is C10H5ClF3NO. The highest BCUT2D eigenvalue weighted by Crippen LogP contribution is 2.33. The highest BCUT2D eigenvalue weighted by Gasteiger charge is 2.33. The monoisotopic (exact) mass is 247 g/mol. The molecule has 0 bridgehead atoms. The first-order chi connectivity index (χ1) is 7.30. The van der Waals surface area contributed by atoms with Gasteiger partial charge < -0.3 is 5.73 Å². The van der Waals surface area contributed by atoms with Crippen LogP contribution in [0.2, 0.25) is 5.02 Å². The highest BCUT2D eigenvalue weighted by molar-refractivity contribution is 6.30. The van der Waals surface area contributed by atoms with Crippen LogP contribution in [0.15, 0.2) is 18.2 Å². The molecule has 0 unspecified atom stereocenters. The van der Waals surface area contributed by atoms with E-state index in [0.717, 1.165) is 12.1 Å². The van der Waals surface area contributed by atoms with Gasteiger partial charge >= 0.3 is 6.18 Å². The Morgan fingerprint density at radius 3 is 2.50 bits per heavy atom. The van der Waals surface area contributed by atoms with Crippen LogP contribution in [0.1, 0.15) is 11.1 Å². The molecule has 0 spiro atoms. The molecule has 84 valence electrons. The molecule has 6 heteroatoms. The van der Waals surface area contributed by atoms with Crippen molar-refractivity contribution in [3.63, 3.8) is 0 Å². The zero-order valence-electron chi connectivity index (χ0n) is 7.73. The number of alkyl halides is 3. The average molecular weight is 248 g/mol. The van der Waals surface area contributed by atoms with Gasteiger partial charge in [0.15, 0.2) is 0 Å². The molecular weight excluding hydrogens is 243 g/mol. The SMILES string of the molecule is NC(=O)C#Cc1ccc(Cl)cc1C(F)(F)F. The first kappa shape index (κ1) is 12.4. The smallest absolute Gasteiger partial charge is 0.359 e. The first-order valence-electron chi connectivity index (χ1n) is 3.99. The summed E-state index contributed by atoms with van der Waals surface area (Å²) in [6, 6.07) is 3.08. The summed E-state index contributed by atoms with van der Waals surface area (Å²) in [6.45, 7) is 0. The third kappa shape index (κ3) is 3.17. The summed E-state index contributed by atoms with van der Waals surface area (Å²) >= 11 is 5.45. The molecule has 0 heterocycles. The van der Waals surface area contributed by atoms with E-state index in [9.17, 15) is 18.0 Å².